The zero-order valence-electron chi connectivity index (χ0n) is 7.44. The summed E-state index contributed by atoms with van der Waals surface area (Å²) in [6.45, 7) is 2.02. The predicted molar refractivity (Wildman–Crippen MR) is 61.9 cm³/mol. The van der Waals surface area contributed by atoms with Gasteiger partial charge in [-0.25, -0.2) is 4.98 Å². The van der Waals surface area contributed by atoms with Gasteiger partial charge in [0.2, 0.25) is 0 Å². The molecule has 2 N–H and O–H groups in total. The Kier molecular flexibility index (Phi) is 1.54. The van der Waals surface area contributed by atoms with Crippen molar-refractivity contribution in [1.82, 2.24) is 9.36 Å². The molecule has 0 fully saturated rings. The summed E-state index contributed by atoms with van der Waals surface area (Å²) in [7, 11) is 0. The minimum Gasteiger partial charge on any atom is -0.375 e. The predicted octanol–water partition coefficient (Wildman–Crippen LogP) is 2.80. The molecule has 0 aliphatic carbocycles. The maximum Gasteiger partial charge on any atom is 0.181 e. The Bertz CT molecular complexity index is 623. The number of rotatable bonds is 0. The molecule has 0 saturated heterocycles. The number of nitrogen functional groups attached to an aromatic ring is 1. The molecule has 0 unspecified atom stereocenters. The van der Waals surface area contributed by atoms with E-state index in [9.17, 15) is 0 Å². The van der Waals surface area contributed by atoms with E-state index in [2.05, 4.69) is 15.4 Å². The van der Waals surface area contributed by atoms with Crippen LogP contribution in [-0.2, 0) is 0 Å². The van der Waals surface area contributed by atoms with Crippen LogP contribution in [0.5, 0.6) is 0 Å². The highest BCUT2D eigenvalue weighted by Gasteiger charge is 2.09. The van der Waals surface area contributed by atoms with Crippen LogP contribution in [0.4, 0.5) is 5.13 Å². The first-order valence-corrected chi connectivity index (χ1v) is 5.76. The van der Waals surface area contributed by atoms with Crippen molar-refractivity contribution < 1.29 is 0 Å². The fourth-order valence-corrected chi connectivity index (χ4v) is 3.37. The van der Waals surface area contributed by atoms with Crippen molar-refractivity contribution in [2.45, 2.75) is 6.92 Å². The topological polar surface area (TPSA) is 51.8 Å². The van der Waals surface area contributed by atoms with Gasteiger partial charge in [0.1, 0.15) is 0 Å². The molecular formula is C9H7N3S2. The van der Waals surface area contributed by atoms with E-state index in [1.807, 2.05) is 13.0 Å². The number of thiazole rings is 1. The van der Waals surface area contributed by atoms with Gasteiger partial charge < -0.3 is 5.73 Å². The number of nitrogens with two attached hydrogens (primary N) is 1. The quantitative estimate of drug-likeness (QED) is 0.635. The highest BCUT2D eigenvalue weighted by Crippen LogP contribution is 2.34. The van der Waals surface area contributed by atoms with Crippen LogP contribution in [0.1, 0.15) is 5.69 Å². The number of hydrogen-bond acceptors (Lipinski definition) is 5. The molecule has 0 saturated carbocycles. The van der Waals surface area contributed by atoms with Gasteiger partial charge in [0, 0.05) is 5.39 Å². The summed E-state index contributed by atoms with van der Waals surface area (Å²) in [4.78, 5) is 4.26. The third-order valence-corrected chi connectivity index (χ3v) is 4.00. The number of aryl methyl sites for hydroxylation is 1. The van der Waals surface area contributed by atoms with Gasteiger partial charge in [-0.15, -0.1) is 0 Å². The average Bonchev–Trinajstić information content (AvgIpc) is 2.68. The molecule has 0 bridgehead atoms. The number of fused-ring (bicyclic) bond motifs is 3. The number of anilines is 1. The smallest absolute Gasteiger partial charge is 0.181 e. The summed E-state index contributed by atoms with van der Waals surface area (Å²) in [5.74, 6) is 0. The molecule has 0 aliphatic rings. The largest absolute Gasteiger partial charge is 0.375 e. The molecule has 0 aliphatic heterocycles. The van der Waals surface area contributed by atoms with Gasteiger partial charge in [0.25, 0.3) is 0 Å². The lowest BCUT2D eigenvalue weighted by atomic mass is 10.2. The van der Waals surface area contributed by atoms with Crippen LogP contribution in [0.15, 0.2) is 12.1 Å². The summed E-state index contributed by atoms with van der Waals surface area (Å²) < 4.78 is 6.70. The van der Waals surface area contributed by atoms with Crippen molar-refractivity contribution in [3.05, 3.63) is 17.8 Å². The lowest BCUT2D eigenvalue weighted by Gasteiger charge is -1.90. The minimum atomic E-state index is 0.623. The monoisotopic (exact) mass is 221 g/mol. The summed E-state index contributed by atoms with van der Waals surface area (Å²) in [5, 5.41) is 1.83. The molecule has 1 aromatic carbocycles. The third kappa shape index (κ3) is 0.964. The SMILES string of the molecule is Cc1nsc2ccc3nc(N)sc3c12. The summed E-state index contributed by atoms with van der Waals surface area (Å²) >= 11 is 3.06. The molecule has 2 aromatic heterocycles. The number of benzene rings is 1. The normalized spacial score (nSPS) is 11.5. The first-order valence-electron chi connectivity index (χ1n) is 4.17. The highest BCUT2D eigenvalue weighted by atomic mass is 32.1. The molecule has 2 heterocycles. The number of aromatic nitrogens is 2. The molecule has 3 rings (SSSR count). The Balaban J connectivity index is 2.64. The van der Waals surface area contributed by atoms with Crippen molar-refractivity contribution in [2.24, 2.45) is 0 Å². The maximum absolute atomic E-state index is 5.69. The number of hydrogen-bond donors (Lipinski definition) is 1. The lowest BCUT2D eigenvalue weighted by Crippen LogP contribution is -1.78. The van der Waals surface area contributed by atoms with Gasteiger partial charge in [-0.2, -0.15) is 4.37 Å². The van der Waals surface area contributed by atoms with E-state index in [0.717, 1.165) is 15.9 Å². The fraction of sp³-hybridized carbons (Fsp3) is 0.111. The maximum atomic E-state index is 5.69. The lowest BCUT2D eigenvalue weighted by molar-refractivity contribution is 1.38. The Morgan fingerprint density at radius 2 is 2.21 bits per heavy atom. The Hall–Kier alpha value is -1.20. The van der Waals surface area contributed by atoms with Crippen molar-refractivity contribution in [3.63, 3.8) is 0 Å². The molecule has 0 spiro atoms. The molecular weight excluding hydrogens is 214 g/mol. The Morgan fingerprint density at radius 1 is 1.36 bits per heavy atom. The number of nitrogens with zero attached hydrogens (tertiary/aromatic N) is 2. The third-order valence-electron chi connectivity index (χ3n) is 2.18. The van der Waals surface area contributed by atoms with E-state index in [0.29, 0.717) is 5.13 Å². The second-order valence-corrected chi connectivity index (χ2v) is 4.94. The van der Waals surface area contributed by atoms with E-state index in [-0.39, 0.29) is 0 Å². The van der Waals surface area contributed by atoms with E-state index < -0.39 is 0 Å². The molecule has 0 radical (unpaired) electrons. The fourth-order valence-electron chi connectivity index (χ4n) is 1.57. The molecule has 0 amide bonds. The van der Waals surface area contributed by atoms with Gasteiger partial charge in [0.05, 0.1) is 20.6 Å². The van der Waals surface area contributed by atoms with Gasteiger partial charge in [-0.1, -0.05) is 11.3 Å². The van der Waals surface area contributed by atoms with Crippen LogP contribution in [0.3, 0.4) is 0 Å². The molecule has 3 nitrogen and oxygen atoms in total. The van der Waals surface area contributed by atoms with Gasteiger partial charge in [0.15, 0.2) is 5.13 Å². The van der Waals surface area contributed by atoms with Gasteiger partial charge >= 0.3 is 0 Å². The van der Waals surface area contributed by atoms with Crippen LogP contribution in [-0.4, -0.2) is 9.36 Å². The van der Waals surface area contributed by atoms with E-state index in [4.69, 9.17) is 5.73 Å². The molecule has 5 heteroatoms. The molecule has 3 aromatic rings. The van der Waals surface area contributed by atoms with Gasteiger partial charge in [-0.3, -0.25) is 0 Å². The zero-order valence-corrected chi connectivity index (χ0v) is 9.08. The van der Waals surface area contributed by atoms with E-state index in [1.165, 1.54) is 33.0 Å². The van der Waals surface area contributed by atoms with E-state index >= 15 is 0 Å². The minimum absolute atomic E-state index is 0.623. The van der Waals surface area contributed by atoms with Crippen LogP contribution in [0, 0.1) is 6.92 Å². The van der Waals surface area contributed by atoms with Crippen LogP contribution < -0.4 is 5.73 Å². The Morgan fingerprint density at radius 3 is 3.07 bits per heavy atom. The highest BCUT2D eigenvalue weighted by molar-refractivity contribution is 7.23. The van der Waals surface area contributed by atoms with Crippen LogP contribution in [0.25, 0.3) is 20.3 Å². The first kappa shape index (κ1) is 8.14. The second-order valence-electron chi connectivity index (χ2n) is 3.11. The van der Waals surface area contributed by atoms with E-state index in [1.54, 1.807) is 0 Å². The van der Waals surface area contributed by atoms with Crippen LogP contribution >= 0.6 is 22.9 Å². The molecule has 0 atom stereocenters. The van der Waals surface area contributed by atoms with Crippen molar-refractivity contribution in [3.8, 4) is 0 Å². The van der Waals surface area contributed by atoms with Gasteiger partial charge in [-0.05, 0) is 30.6 Å². The van der Waals surface area contributed by atoms with Crippen LogP contribution in [0.2, 0.25) is 0 Å². The van der Waals surface area contributed by atoms with Crippen molar-refractivity contribution in [2.75, 3.05) is 5.73 Å². The first-order chi connectivity index (χ1) is 6.75. The summed E-state index contributed by atoms with van der Waals surface area (Å²) in [5.41, 5.74) is 7.73. The zero-order chi connectivity index (χ0) is 9.71. The average molecular weight is 221 g/mol. The summed E-state index contributed by atoms with van der Waals surface area (Å²) in [6.07, 6.45) is 0. The molecule has 70 valence electrons. The summed E-state index contributed by atoms with van der Waals surface area (Å²) in [6, 6.07) is 4.06. The standard InChI is InChI=1S/C9H7N3S2/c1-4-7-6(14-12-4)3-2-5-8(7)13-9(10)11-5/h2-3H,1H3,(H2,10,11). The van der Waals surface area contributed by atoms with Crippen molar-refractivity contribution in [1.29, 1.82) is 0 Å². The van der Waals surface area contributed by atoms with Crippen molar-refractivity contribution >= 4 is 48.3 Å². The Labute approximate surface area is 88.4 Å². The second kappa shape index (κ2) is 2.65. The molecule has 14 heavy (non-hydrogen) atoms.